The number of halogens is 1. The Kier molecular flexibility index (Phi) is 7.52. The number of aromatic nitrogens is 5. The topological polar surface area (TPSA) is 131 Å². The minimum atomic E-state index is -0.749. The average Bonchev–Trinajstić information content (AvgIpc) is 3.48. The summed E-state index contributed by atoms with van der Waals surface area (Å²) >= 11 is 0. The van der Waals surface area contributed by atoms with Crippen molar-refractivity contribution in [2.24, 2.45) is 0 Å². The molecule has 4 heterocycles. The molecule has 216 valence electrons. The Morgan fingerprint density at radius 1 is 1.09 bits per heavy atom. The fraction of sp³-hybridized carbons (Fsp3) is 0.250. The number of imidazole rings is 1. The Morgan fingerprint density at radius 3 is 2.79 bits per heavy atom. The number of rotatable bonds is 7. The first-order chi connectivity index (χ1) is 20.8. The van der Waals surface area contributed by atoms with E-state index in [-0.39, 0.29) is 17.8 Å². The number of carbonyl (C=O) groups excluding carboxylic acids is 1. The largest absolute Gasteiger partial charge is 0.358 e. The maximum Gasteiger partial charge on any atom is 0.255 e. The van der Waals surface area contributed by atoms with Gasteiger partial charge in [-0.05, 0) is 81.1 Å². The minimum absolute atomic E-state index is 0.114. The first kappa shape index (κ1) is 27.9. The number of nitriles is 1. The van der Waals surface area contributed by atoms with Gasteiger partial charge >= 0.3 is 0 Å². The van der Waals surface area contributed by atoms with E-state index in [0.717, 1.165) is 24.8 Å². The van der Waals surface area contributed by atoms with Crippen LogP contribution in [0, 0.1) is 17.1 Å². The third-order valence-electron chi connectivity index (χ3n) is 7.49. The molecule has 0 bridgehead atoms. The molecule has 0 radical (unpaired) electrons. The van der Waals surface area contributed by atoms with E-state index in [1.807, 2.05) is 16.7 Å². The predicted octanol–water partition coefficient (Wildman–Crippen LogP) is 6.52. The minimum Gasteiger partial charge on any atom is -0.358 e. The van der Waals surface area contributed by atoms with Crippen LogP contribution in [0.2, 0.25) is 0 Å². The number of hydrogen-bond donors (Lipinski definition) is 2. The van der Waals surface area contributed by atoms with Gasteiger partial charge in [-0.15, -0.1) is 0 Å². The van der Waals surface area contributed by atoms with Crippen LogP contribution in [0.4, 0.5) is 21.6 Å². The van der Waals surface area contributed by atoms with E-state index in [1.165, 1.54) is 24.5 Å². The number of pyridine rings is 1. The molecule has 1 saturated heterocycles. The molecule has 2 aromatic carbocycles. The molecular formula is C32H29FN8O2. The maximum atomic E-state index is 15.0. The molecular weight excluding hydrogens is 547 g/mol. The van der Waals surface area contributed by atoms with Gasteiger partial charge in [0.25, 0.3) is 5.91 Å². The summed E-state index contributed by atoms with van der Waals surface area (Å²) in [6.07, 6.45) is 7.61. The SMILES string of the molecule is CC(C)(C#N)c1cccc(C(=O)Nc2ccc(F)c(Nc3ncccc3-c3ncnc4c3ncn4C3CCCCO3)c2)c1. The Bertz CT molecular complexity index is 1860. The summed E-state index contributed by atoms with van der Waals surface area (Å²) in [5.74, 6) is -0.550. The second-order valence-electron chi connectivity index (χ2n) is 10.9. The van der Waals surface area contributed by atoms with E-state index in [9.17, 15) is 10.1 Å². The van der Waals surface area contributed by atoms with Crippen molar-refractivity contribution in [3.05, 3.63) is 90.4 Å². The highest BCUT2D eigenvalue weighted by Gasteiger charge is 2.23. The van der Waals surface area contributed by atoms with Crippen LogP contribution in [0.15, 0.2) is 73.4 Å². The molecule has 3 aromatic heterocycles. The molecule has 1 atom stereocenters. The molecule has 0 aliphatic carbocycles. The van der Waals surface area contributed by atoms with Gasteiger partial charge in [0, 0.05) is 29.6 Å². The zero-order valence-corrected chi connectivity index (χ0v) is 23.7. The third kappa shape index (κ3) is 5.65. The van der Waals surface area contributed by atoms with E-state index in [4.69, 9.17) is 4.74 Å². The number of nitrogens with zero attached hydrogens (tertiary/aromatic N) is 6. The molecule has 0 spiro atoms. The van der Waals surface area contributed by atoms with Gasteiger partial charge in [-0.3, -0.25) is 9.36 Å². The maximum absolute atomic E-state index is 15.0. The molecule has 1 fully saturated rings. The van der Waals surface area contributed by atoms with Crippen molar-refractivity contribution < 1.29 is 13.9 Å². The van der Waals surface area contributed by atoms with Crippen LogP contribution in [0.5, 0.6) is 0 Å². The first-order valence-electron chi connectivity index (χ1n) is 14.0. The standard InChI is InChI=1S/C32H29FN8O2/c1-32(2,17-34)21-8-5-7-20(15-21)31(42)39-22-11-12-24(33)25(16-22)40-29-23(9-6-13-35-29)27-28-30(37-18-36-27)41(19-38-28)26-10-3-4-14-43-26/h5-9,11-13,15-16,18-19,26H,3-4,10,14H2,1-2H3,(H,35,40)(H,39,42). The van der Waals surface area contributed by atoms with Crippen molar-refractivity contribution in [3.8, 4) is 17.3 Å². The smallest absolute Gasteiger partial charge is 0.255 e. The van der Waals surface area contributed by atoms with Gasteiger partial charge in [-0.1, -0.05) is 12.1 Å². The Labute approximate surface area is 247 Å². The first-order valence-corrected chi connectivity index (χ1v) is 14.0. The van der Waals surface area contributed by atoms with E-state index in [0.29, 0.717) is 46.1 Å². The van der Waals surface area contributed by atoms with Crippen molar-refractivity contribution in [1.29, 1.82) is 5.26 Å². The van der Waals surface area contributed by atoms with E-state index in [1.54, 1.807) is 50.6 Å². The van der Waals surface area contributed by atoms with Gasteiger partial charge in [0.1, 0.15) is 35.4 Å². The Morgan fingerprint density at radius 2 is 1.98 bits per heavy atom. The Balaban J connectivity index is 1.28. The number of nitrogens with one attached hydrogen (secondary N) is 2. The van der Waals surface area contributed by atoms with Gasteiger partial charge in [0.2, 0.25) is 0 Å². The number of hydrogen-bond acceptors (Lipinski definition) is 8. The zero-order valence-electron chi connectivity index (χ0n) is 23.7. The van der Waals surface area contributed by atoms with Crippen LogP contribution in [0.3, 0.4) is 0 Å². The van der Waals surface area contributed by atoms with Crippen LogP contribution in [-0.4, -0.2) is 37.0 Å². The van der Waals surface area contributed by atoms with Crippen LogP contribution in [0.1, 0.15) is 55.3 Å². The van der Waals surface area contributed by atoms with Gasteiger partial charge in [0.15, 0.2) is 5.65 Å². The highest BCUT2D eigenvalue weighted by Crippen LogP contribution is 2.34. The molecule has 1 unspecified atom stereocenters. The lowest BCUT2D eigenvalue weighted by molar-refractivity contribution is -0.0298. The fourth-order valence-electron chi connectivity index (χ4n) is 5.04. The number of ether oxygens (including phenoxy) is 1. The lowest BCUT2D eigenvalue weighted by atomic mass is 9.85. The van der Waals surface area contributed by atoms with Crippen LogP contribution >= 0.6 is 0 Å². The summed E-state index contributed by atoms with van der Waals surface area (Å²) < 4.78 is 22.9. The van der Waals surface area contributed by atoms with Gasteiger partial charge in [0.05, 0.1) is 23.5 Å². The second-order valence-corrected chi connectivity index (χ2v) is 10.9. The summed E-state index contributed by atoms with van der Waals surface area (Å²) in [5, 5.41) is 15.4. The van der Waals surface area contributed by atoms with E-state index >= 15 is 4.39 Å². The lowest BCUT2D eigenvalue weighted by Gasteiger charge is -2.23. The normalized spacial score (nSPS) is 15.2. The fourth-order valence-corrected chi connectivity index (χ4v) is 5.04. The number of benzene rings is 2. The van der Waals surface area contributed by atoms with Gasteiger partial charge in [-0.2, -0.15) is 5.26 Å². The average molecular weight is 577 g/mol. The van der Waals surface area contributed by atoms with E-state index in [2.05, 4.69) is 36.6 Å². The lowest BCUT2D eigenvalue weighted by Crippen LogP contribution is -2.17. The molecule has 1 amide bonds. The van der Waals surface area contributed by atoms with Gasteiger partial charge < -0.3 is 15.4 Å². The molecule has 1 aliphatic heterocycles. The summed E-state index contributed by atoms with van der Waals surface area (Å²) in [6, 6.07) is 17.0. The van der Waals surface area contributed by atoms with E-state index < -0.39 is 11.2 Å². The molecule has 1 aliphatic rings. The quantitative estimate of drug-likeness (QED) is 0.224. The highest BCUT2D eigenvalue weighted by molar-refractivity contribution is 6.04. The Hall–Kier alpha value is -5.21. The molecule has 10 nitrogen and oxygen atoms in total. The summed E-state index contributed by atoms with van der Waals surface area (Å²) in [4.78, 5) is 31.1. The number of anilines is 3. The van der Waals surface area contributed by atoms with Crippen molar-refractivity contribution in [1.82, 2.24) is 24.5 Å². The van der Waals surface area contributed by atoms with Gasteiger partial charge in [-0.25, -0.2) is 24.3 Å². The van der Waals surface area contributed by atoms with Crippen molar-refractivity contribution in [2.75, 3.05) is 17.2 Å². The molecule has 0 saturated carbocycles. The number of carbonyl (C=O) groups is 1. The van der Waals surface area contributed by atoms with Crippen molar-refractivity contribution in [3.63, 3.8) is 0 Å². The number of amides is 1. The van der Waals surface area contributed by atoms with Crippen molar-refractivity contribution >= 4 is 34.3 Å². The summed E-state index contributed by atoms with van der Waals surface area (Å²) in [6.45, 7) is 4.27. The zero-order chi connectivity index (χ0) is 30.0. The van der Waals surface area contributed by atoms with Crippen LogP contribution in [-0.2, 0) is 10.2 Å². The summed E-state index contributed by atoms with van der Waals surface area (Å²) in [7, 11) is 0. The third-order valence-corrected chi connectivity index (χ3v) is 7.49. The number of fused-ring (bicyclic) bond motifs is 1. The van der Waals surface area contributed by atoms with Crippen LogP contribution < -0.4 is 10.6 Å². The predicted molar refractivity (Wildman–Crippen MR) is 160 cm³/mol. The monoisotopic (exact) mass is 576 g/mol. The highest BCUT2D eigenvalue weighted by atomic mass is 19.1. The van der Waals surface area contributed by atoms with Crippen molar-refractivity contribution in [2.45, 2.75) is 44.8 Å². The molecule has 6 rings (SSSR count). The molecule has 11 heteroatoms. The second kappa shape index (κ2) is 11.6. The van der Waals surface area contributed by atoms with Crippen LogP contribution in [0.25, 0.3) is 22.4 Å². The summed E-state index contributed by atoms with van der Waals surface area (Å²) in [5.41, 5.74) is 3.23. The molecule has 5 aromatic rings. The molecule has 2 N–H and O–H groups in total. The molecule has 43 heavy (non-hydrogen) atoms.